The molecular weight excluding hydrogens is 274 g/mol. The van der Waals surface area contributed by atoms with Gasteiger partial charge in [0.2, 0.25) is 0 Å². The third-order valence-corrected chi connectivity index (χ3v) is 2.89. The van der Waals surface area contributed by atoms with E-state index >= 15 is 0 Å². The fourth-order valence-electron chi connectivity index (χ4n) is 1.36. The van der Waals surface area contributed by atoms with E-state index < -0.39 is 0 Å². The molecule has 0 bridgehead atoms. The Kier molecular flexibility index (Phi) is 3.58. The predicted octanol–water partition coefficient (Wildman–Crippen LogP) is 1.03. The number of hydrogen-bond acceptors (Lipinski definition) is 6. The van der Waals surface area contributed by atoms with E-state index in [2.05, 4.69) is 22.7 Å². The van der Waals surface area contributed by atoms with E-state index in [4.69, 9.17) is 14.9 Å². The van der Waals surface area contributed by atoms with Crippen molar-refractivity contribution in [1.29, 1.82) is 0 Å². The highest BCUT2D eigenvalue weighted by Crippen LogP contribution is 2.28. The molecule has 0 saturated carbocycles. The molecule has 0 aliphatic heterocycles. The molecule has 2 rings (SSSR count). The standard InChI is InChI=1S/C10H9N3O3S2/c1-15-6-2-5(4-12-13-9(11)17)3-7-8(6)16-10(14)18-7/h2-4H,1H3,(H3,11,13,17). The smallest absolute Gasteiger partial charge is 0.396 e. The average Bonchev–Trinajstić information content (AvgIpc) is 2.67. The van der Waals surface area contributed by atoms with Crippen LogP contribution in [0.1, 0.15) is 5.56 Å². The lowest BCUT2D eigenvalue weighted by molar-refractivity contribution is 0.408. The summed E-state index contributed by atoms with van der Waals surface area (Å²) in [7, 11) is 1.50. The summed E-state index contributed by atoms with van der Waals surface area (Å²) in [5, 5.41) is 3.91. The third kappa shape index (κ3) is 2.66. The minimum Gasteiger partial charge on any atom is -0.493 e. The highest BCUT2D eigenvalue weighted by atomic mass is 32.1. The van der Waals surface area contributed by atoms with Gasteiger partial charge >= 0.3 is 4.94 Å². The molecule has 18 heavy (non-hydrogen) atoms. The maximum absolute atomic E-state index is 11.2. The maximum Gasteiger partial charge on any atom is 0.396 e. The Bertz CT molecular complexity index is 675. The molecule has 0 radical (unpaired) electrons. The van der Waals surface area contributed by atoms with Crippen molar-refractivity contribution in [2.24, 2.45) is 10.8 Å². The Labute approximate surface area is 111 Å². The lowest BCUT2D eigenvalue weighted by atomic mass is 10.2. The van der Waals surface area contributed by atoms with Crippen LogP contribution in [0.5, 0.6) is 5.75 Å². The maximum atomic E-state index is 11.2. The number of nitrogens with one attached hydrogen (secondary N) is 1. The SMILES string of the molecule is COc1cc(C=NNC(N)=S)cc2sc(=O)oc12. The topological polar surface area (TPSA) is 89.9 Å². The summed E-state index contributed by atoms with van der Waals surface area (Å²) in [6.07, 6.45) is 1.52. The summed E-state index contributed by atoms with van der Waals surface area (Å²) >= 11 is 5.61. The zero-order valence-electron chi connectivity index (χ0n) is 9.30. The fraction of sp³-hybridized carbons (Fsp3) is 0.100. The summed E-state index contributed by atoms with van der Waals surface area (Å²) in [6.45, 7) is 0. The molecule has 1 aromatic heterocycles. The molecular formula is C10H9N3O3S2. The zero-order valence-corrected chi connectivity index (χ0v) is 10.9. The molecule has 0 unspecified atom stereocenters. The Morgan fingerprint density at radius 1 is 1.67 bits per heavy atom. The van der Waals surface area contributed by atoms with Gasteiger partial charge < -0.3 is 14.9 Å². The van der Waals surface area contributed by atoms with Gasteiger partial charge in [-0.1, -0.05) is 11.3 Å². The van der Waals surface area contributed by atoms with E-state index in [1.165, 1.54) is 13.3 Å². The van der Waals surface area contributed by atoms with E-state index in [1.54, 1.807) is 12.1 Å². The van der Waals surface area contributed by atoms with Crippen LogP contribution in [-0.4, -0.2) is 18.4 Å². The van der Waals surface area contributed by atoms with Crippen molar-refractivity contribution in [2.45, 2.75) is 0 Å². The second-order valence-electron chi connectivity index (χ2n) is 3.24. The largest absolute Gasteiger partial charge is 0.493 e. The first-order valence-electron chi connectivity index (χ1n) is 4.80. The van der Waals surface area contributed by atoms with Gasteiger partial charge in [0.25, 0.3) is 0 Å². The number of hydrazone groups is 1. The van der Waals surface area contributed by atoms with Crippen molar-refractivity contribution in [3.05, 3.63) is 27.4 Å². The van der Waals surface area contributed by atoms with Gasteiger partial charge in [-0.15, -0.1) is 0 Å². The summed E-state index contributed by atoms with van der Waals surface area (Å²) < 4.78 is 10.9. The second kappa shape index (κ2) is 5.15. The monoisotopic (exact) mass is 283 g/mol. The zero-order chi connectivity index (χ0) is 13.1. The van der Waals surface area contributed by atoms with Crippen molar-refractivity contribution < 1.29 is 9.15 Å². The lowest BCUT2D eigenvalue weighted by Crippen LogP contribution is -2.23. The van der Waals surface area contributed by atoms with Crippen LogP contribution in [-0.2, 0) is 0 Å². The first-order chi connectivity index (χ1) is 8.60. The average molecular weight is 283 g/mol. The van der Waals surface area contributed by atoms with Gasteiger partial charge in [0.1, 0.15) is 0 Å². The molecule has 1 aromatic carbocycles. The van der Waals surface area contributed by atoms with Crippen LogP contribution in [0.2, 0.25) is 0 Å². The number of hydrogen-bond donors (Lipinski definition) is 2. The summed E-state index contributed by atoms with van der Waals surface area (Å²) in [5.41, 5.74) is 8.85. The van der Waals surface area contributed by atoms with Gasteiger partial charge in [-0.25, -0.2) is 4.79 Å². The molecule has 0 aliphatic carbocycles. The van der Waals surface area contributed by atoms with E-state index in [9.17, 15) is 4.79 Å². The number of thiocarbonyl (C=S) groups is 1. The normalized spacial score (nSPS) is 10.9. The molecule has 2 aromatic rings. The van der Waals surface area contributed by atoms with E-state index in [0.717, 1.165) is 16.9 Å². The molecule has 0 saturated heterocycles. The van der Waals surface area contributed by atoms with Crippen LogP contribution in [0.3, 0.4) is 0 Å². The summed E-state index contributed by atoms with van der Waals surface area (Å²) in [4.78, 5) is 10.8. The molecule has 0 atom stereocenters. The number of methoxy groups -OCH3 is 1. The lowest BCUT2D eigenvalue weighted by Gasteiger charge is -2.01. The molecule has 0 amide bonds. The summed E-state index contributed by atoms with van der Waals surface area (Å²) in [5.74, 6) is 0.475. The molecule has 0 spiro atoms. The number of nitrogens with zero attached hydrogens (tertiary/aromatic N) is 1. The Balaban J connectivity index is 2.43. The highest BCUT2D eigenvalue weighted by molar-refractivity contribution is 7.80. The fourth-order valence-corrected chi connectivity index (χ4v) is 2.15. The number of nitrogens with two attached hydrogens (primary N) is 1. The van der Waals surface area contributed by atoms with Crippen LogP contribution in [0.15, 0.2) is 26.4 Å². The van der Waals surface area contributed by atoms with Gasteiger partial charge in [-0.05, 0) is 29.9 Å². The molecule has 6 nitrogen and oxygen atoms in total. The first kappa shape index (κ1) is 12.5. The van der Waals surface area contributed by atoms with Gasteiger partial charge in [-0.2, -0.15) is 5.10 Å². The second-order valence-corrected chi connectivity index (χ2v) is 4.66. The molecule has 94 valence electrons. The minimum absolute atomic E-state index is 0.0762. The number of rotatable bonds is 3. The van der Waals surface area contributed by atoms with Crippen molar-refractivity contribution in [2.75, 3.05) is 7.11 Å². The van der Waals surface area contributed by atoms with Crippen LogP contribution < -0.4 is 20.8 Å². The summed E-state index contributed by atoms with van der Waals surface area (Å²) in [6, 6.07) is 3.46. The molecule has 1 heterocycles. The van der Waals surface area contributed by atoms with Gasteiger partial charge in [0.05, 0.1) is 18.0 Å². The predicted molar refractivity (Wildman–Crippen MR) is 74.4 cm³/mol. The van der Waals surface area contributed by atoms with Crippen LogP contribution in [0.25, 0.3) is 10.3 Å². The highest BCUT2D eigenvalue weighted by Gasteiger charge is 2.09. The molecule has 0 aliphatic rings. The molecule has 0 fully saturated rings. The van der Waals surface area contributed by atoms with Crippen molar-refractivity contribution in [1.82, 2.24) is 5.43 Å². The van der Waals surface area contributed by atoms with E-state index in [-0.39, 0.29) is 10.1 Å². The Morgan fingerprint density at radius 3 is 3.11 bits per heavy atom. The van der Waals surface area contributed by atoms with Crippen LogP contribution in [0, 0.1) is 0 Å². The molecule has 8 heteroatoms. The number of ether oxygens (including phenoxy) is 1. The van der Waals surface area contributed by atoms with Gasteiger partial charge in [0.15, 0.2) is 16.4 Å². The molecule has 3 N–H and O–H groups in total. The Morgan fingerprint density at radius 2 is 2.44 bits per heavy atom. The van der Waals surface area contributed by atoms with E-state index in [1.807, 2.05) is 0 Å². The van der Waals surface area contributed by atoms with E-state index in [0.29, 0.717) is 16.0 Å². The van der Waals surface area contributed by atoms with Crippen LogP contribution >= 0.6 is 23.6 Å². The van der Waals surface area contributed by atoms with Crippen molar-refractivity contribution >= 4 is 45.2 Å². The Hall–Kier alpha value is -1.93. The number of fused-ring (bicyclic) bond motifs is 1. The van der Waals surface area contributed by atoms with Gasteiger partial charge in [-0.3, -0.25) is 5.43 Å². The van der Waals surface area contributed by atoms with Crippen molar-refractivity contribution in [3.8, 4) is 5.75 Å². The van der Waals surface area contributed by atoms with Crippen molar-refractivity contribution in [3.63, 3.8) is 0 Å². The first-order valence-corrected chi connectivity index (χ1v) is 6.03. The quantitative estimate of drug-likeness (QED) is 0.497. The van der Waals surface area contributed by atoms with Crippen LogP contribution in [0.4, 0.5) is 0 Å². The number of benzene rings is 1. The van der Waals surface area contributed by atoms with Gasteiger partial charge in [0, 0.05) is 0 Å². The third-order valence-electron chi connectivity index (χ3n) is 2.03. The minimum atomic E-state index is -0.376.